The molecule has 5 nitrogen and oxygen atoms in total. The van der Waals surface area contributed by atoms with Gasteiger partial charge in [-0.25, -0.2) is 9.59 Å². The van der Waals surface area contributed by atoms with Crippen molar-refractivity contribution in [3.63, 3.8) is 0 Å². The third-order valence-corrected chi connectivity index (χ3v) is 9.44. The number of thiophene rings is 1. The van der Waals surface area contributed by atoms with Crippen molar-refractivity contribution in [2.24, 2.45) is 23.7 Å². The van der Waals surface area contributed by atoms with E-state index in [-0.39, 0.29) is 17.7 Å². The molecule has 0 amide bonds. The molecule has 2 saturated carbocycles. The van der Waals surface area contributed by atoms with Gasteiger partial charge in [0.2, 0.25) is 0 Å². The molecule has 1 aliphatic heterocycles. The lowest BCUT2D eigenvalue weighted by Crippen LogP contribution is -2.35. The summed E-state index contributed by atoms with van der Waals surface area (Å²) < 4.78 is 8.97. The molecule has 0 aromatic carbocycles. The minimum atomic E-state index is -0.259. The van der Waals surface area contributed by atoms with Crippen LogP contribution >= 0.6 is 23.1 Å². The standard InChI is InChI=1S/C17H28O.C6H8O2S.C6H6O2S.C2H6/c1-12(14(3)18)10-11-15-7-5-8-16-13(2)6-4-9-17(15)16;2*1-8-6(7)5-3-2-4-9-5;1-2/h13,15-17H,1,4-11H2,2-3H3;3H,2,4H2,1H3;2-4H,1H3;1-2H3. The maximum absolute atomic E-state index is 11.3. The third-order valence-electron chi connectivity index (χ3n) is 7.51. The van der Waals surface area contributed by atoms with E-state index in [0.717, 1.165) is 52.7 Å². The second-order valence-corrected chi connectivity index (χ2v) is 11.9. The summed E-state index contributed by atoms with van der Waals surface area (Å²) in [6.45, 7) is 12.0. The average Bonchev–Trinajstić information content (AvgIpc) is 3.68. The molecule has 0 bridgehead atoms. The summed E-state index contributed by atoms with van der Waals surface area (Å²) in [4.78, 5) is 34.0. The van der Waals surface area contributed by atoms with Crippen LogP contribution in [0.2, 0.25) is 0 Å². The number of rotatable bonds is 6. The molecule has 0 spiro atoms. The molecule has 0 N–H and O–H groups in total. The fraction of sp³-hybridized carbons (Fsp3) is 0.645. The highest BCUT2D eigenvalue weighted by atomic mass is 32.2. The van der Waals surface area contributed by atoms with Gasteiger partial charge in [0.1, 0.15) is 4.88 Å². The molecular weight excluding hydrogens is 516 g/mol. The number of Topliss-reactive ketones (excluding diaryl/α,β-unsaturated/α-hetero) is 1. The second-order valence-electron chi connectivity index (χ2n) is 9.79. The number of ether oxygens (including phenoxy) is 2. The molecule has 2 aliphatic carbocycles. The van der Waals surface area contributed by atoms with Gasteiger partial charge in [-0.15, -0.1) is 23.1 Å². The number of carbonyl (C=O) groups is 3. The smallest absolute Gasteiger partial charge is 0.348 e. The van der Waals surface area contributed by atoms with Gasteiger partial charge < -0.3 is 9.47 Å². The van der Waals surface area contributed by atoms with Gasteiger partial charge in [0.15, 0.2) is 5.78 Å². The number of carbonyl (C=O) groups excluding carboxylic acids is 3. The van der Waals surface area contributed by atoms with Crippen LogP contribution in [0.25, 0.3) is 0 Å². The van der Waals surface area contributed by atoms with E-state index in [0.29, 0.717) is 4.88 Å². The molecule has 0 saturated heterocycles. The first-order valence-corrected chi connectivity index (χ1v) is 15.9. The van der Waals surface area contributed by atoms with E-state index in [1.54, 1.807) is 24.8 Å². The highest BCUT2D eigenvalue weighted by molar-refractivity contribution is 8.04. The first-order chi connectivity index (χ1) is 18.3. The molecule has 1 aromatic rings. The van der Waals surface area contributed by atoms with E-state index in [4.69, 9.17) is 0 Å². The summed E-state index contributed by atoms with van der Waals surface area (Å²) in [7, 11) is 2.78. The molecule has 1 aromatic heterocycles. The highest BCUT2D eigenvalue weighted by Crippen LogP contribution is 2.48. The van der Waals surface area contributed by atoms with Gasteiger partial charge in [-0.05, 0) is 79.7 Å². The zero-order valence-corrected chi connectivity index (χ0v) is 25.9. The van der Waals surface area contributed by atoms with Crippen LogP contribution < -0.4 is 0 Å². The van der Waals surface area contributed by atoms with Crippen LogP contribution in [0.15, 0.2) is 40.6 Å². The zero-order valence-electron chi connectivity index (χ0n) is 24.3. The summed E-state index contributed by atoms with van der Waals surface area (Å²) in [6, 6.07) is 3.55. The number of methoxy groups -OCH3 is 2. The first-order valence-electron chi connectivity index (χ1n) is 14.0. The van der Waals surface area contributed by atoms with Crippen molar-refractivity contribution in [3.05, 3.63) is 45.5 Å². The van der Waals surface area contributed by atoms with Crippen molar-refractivity contribution >= 4 is 40.8 Å². The molecule has 3 aliphatic rings. The fourth-order valence-corrected chi connectivity index (χ4v) is 7.02. The molecular formula is C31H48O5S2. The molecule has 4 unspecified atom stereocenters. The Kier molecular flexibility index (Phi) is 17.3. The van der Waals surface area contributed by atoms with Crippen molar-refractivity contribution in [3.8, 4) is 0 Å². The normalized spacial score (nSPS) is 23.4. The summed E-state index contributed by atoms with van der Waals surface area (Å²) in [5.74, 6) is 4.46. The largest absolute Gasteiger partial charge is 0.465 e. The molecule has 214 valence electrons. The molecule has 0 radical (unpaired) electrons. The van der Waals surface area contributed by atoms with Crippen molar-refractivity contribution in [2.45, 2.75) is 85.5 Å². The molecule has 2 fully saturated rings. The van der Waals surface area contributed by atoms with Crippen LogP contribution in [0.3, 0.4) is 0 Å². The van der Waals surface area contributed by atoms with E-state index in [1.165, 1.54) is 70.5 Å². The summed E-state index contributed by atoms with van der Waals surface area (Å²) in [5.41, 5.74) is 0.834. The third kappa shape index (κ3) is 11.5. The van der Waals surface area contributed by atoms with Gasteiger partial charge >= 0.3 is 11.9 Å². The Bertz CT molecular complexity index is 890. The highest BCUT2D eigenvalue weighted by Gasteiger charge is 2.37. The number of hydrogen-bond acceptors (Lipinski definition) is 7. The first kappa shape index (κ1) is 34.2. The maximum atomic E-state index is 11.3. The van der Waals surface area contributed by atoms with Crippen LogP contribution in [0.1, 0.15) is 95.2 Å². The number of allylic oxidation sites excluding steroid dienone is 2. The summed E-state index contributed by atoms with van der Waals surface area (Å²) in [6.07, 6.45) is 13.6. The molecule has 4 rings (SSSR count). The Labute approximate surface area is 238 Å². The van der Waals surface area contributed by atoms with Crippen LogP contribution in [0, 0.1) is 23.7 Å². The Morgan fingerprint density at radius 2 is 1.66 bits per heavy atom. The summed E-state index contributed by atoms with van der Waals surface area (Å²) >= 11 is 2.94. The van der Waals surface area contributed by atoms with Crippen LogP contribution in [-0.2, 0) is 19.1 Å². The van der Waals surface area contributed by atoms with Crippen molar-refractivity contribution < 1.29 is 23.9 Å². The number of ketones is 1. The lowest BCUT2D eigenvalue weighted by molar-refractivity contribution is -0.135. The second kappa shape index (κ2) is 19.2. The number of fused-ring (bicyclic) bond motifs is 1. The Hall–Kier alpha value is -1.86. The lowest BCUT2D eigenvalue weighted by Gasteiger charge is -2.45. The average molecular weight is 565 g/mol. The fourth-order valence-electron chi connectivity index (χ4n) is 5.49. The minimum absolute atomic E-state index is 0.180. The van der Waals surface area contributed by atoms with Crippen LogP contribution in [0.5, 0.6) is 0 Å². The van der Waals surface area contributed by atoms with Gasteiger partial charge in [-0.3, -0.25) is 4.79 Å². The van der Waals surface area contributed by atoms with E-state index >= 15 is 0 Å². The quantitative estimate of drug-likeness (QED) is 0.255. The molecule has 4 atom stereocenters. The minimum Gasteiger partial charge on any atom is -0.465 e. The van der Waals surface area contributed by atoms with Crippen LogP contribution in [0.4, 0.5) is 0 Å². The molecule has 7 heteroatoms. The van der Waals surface area contributed by atoms with Crippen molar-refractivity contribution in [1.82, 2.24) is 0 Å². The molecule has 38 heavy (non-hydrogen) atoms. The number of esters is 2. The number of hydrogen-bond donors (Lipinski definition) is 0. The molecule has 2 heterocycles. The Morgan fingerprint density at radius 3 is 2.21 bits per heavy atom. The van der Waals surface area contributed by atoms with E-state index in [9.17, 15) is 14.4 Å². The lowest BCUT2D eigenvalue weighted by atomic mass is 9.61. The van der Waals surface area contributed by atoms with Crippen molar-refractivity contribution in [1.29, 1.82) is 0 Å². The predicted octanol–water partition coefficient (Wildman–Crippen LogP) is 8.51. The number of thioether (sulfide) groups is 1. The van der Waals surface area contributed by atoms with E-state index in [1.807, 2.05) is 31.4 Å². The van der Waals surface area contributed by atoms with E-state index < -0.39 is 0 Å². The van der Waals surface area contributed by atoms with Gasteiger partial charge in [0.05, 0.1) is 19.1 Å². The van der Waals surface area contributed by atoms with Crippen molar-refractivity contribution in [2.75, 3.05) is 20.0 Å². The predicted molar refractivity (Wildman–Crippen MR) is 161 cm³/mol. The SMILES string of the molecule is C=C(CCC1CCCC2C(C)CCCC12)C(C)=O.CC.COC(=O)C1=CCCS1.COC(=O)c1cccs1. The van der Waals surface area contributed by atoms with E-state index in [2.05, 4.69) is 23.0 Å². The van der Waals surface area contributed by atoms with Crippen LogP contribution in [-0.4, -0.2) is 37.7 Å². The maximum Gasteiger partial charge on any atom is 0.348 e. The topological polar surface area (TPSA) is 69.7 Å². The van der Waals surface area contributed by atoms with Gasteiger partial charge in [-0.1, -0.05) is 65.2 Å². The van der Waals surface area contributed by atoms with Gasteiger partial charge in [-0.2, -0.15) is 0 Å². The zero-order chi connectivity index (χ0) is 28.5. The summed E-state index contributed by atoms with van der Waals surface area (Å²) in [5, 5.41) is 1.84. The van der Waals surface area contributed by atoms with Gasteiger partial charge in [0, 0.05) is 5.75 Å². The monoisotopic (exact) mass is 564 g/mol. The Morgan fingerprint density at radius 1 is 1.00 bits per heavy atom. The Balaban J connectivity index is 0.000000304. The van der Waals surface area contributed by atoms with Gasteiger partial charge in [0.25, 0.3) is 0 Å².